The Hall–Kier alpha value is -1.49. The summed E-state index contributed by atoms with van der Waals surface area (Å²) in [5.74, 6) is -0.188. The van der Waals surface area contributed by atoms with Crippen LogP contribution in [0.2, 0.25) is 0 Å². The summed E-state index contributed by atoms with van der Waals surface area (Å²) in [6.45, 7) is 6.53. The van der Waals surface area contributed by atoms with E-state index in [0.717, 1.165) is 5.69 Å². The van der Waals surface area contributed by atoms with Crippen LogP contribution in [0.3, 0.4) is 0 Å². The maximum atomic E-state index is 11.8. The van der Waals surface area contributed by atoms with Crippen molar-refractivity contribution in [2.75, 3.05) is 20.6 Å². The molecule has 0 aliphatic heterocycles. The van der Waals surface area contributed by atoms with Crippen molar-refractivity contribution in [2.24, 2.45) is 0 Å². The van der Waals surface area contributed by atoms with E-state index in [1.54, 1.807) is 6.20 Å². The fourth-order valence-electron chi connectivity index (χ4n) is 1.06. The Morgan fingerprint density at radius 3 is 2.47 bits per heavy atom. The summed E-state index contributed by atoms with van der Waals surface area (Å²) in [5.41, 5.74) is 1.06. The van der Waals surface area contributed by atoms with Crippen LogP contribution in [0.5, 0.6) is 0 Å². The van der Waals surface area contributed by atoms with Crippen molar-refractivity contribution < 1.29 is 4.79 Å². The molecule has 0 bridgehead atoms. The van der Waals surface area contributed by atoms with Gasteiger partial charge in [-0.15, -0.1) is 0 Å². The van der Waals surface area contributed by atoms with Crippen molar-refractivity contribution >= 4 is 5.91 Å². The first-order chi connectivity index (χ1) is 7.83. The summed E-state index contributed by atoms with van der Waals surface area (Å²) < 4.78 is 0. The molecule has 0 saturated carbocycles. The third kappa shape index (κ3) is 3.78. The number of carbonyl (C=O) groups excluding carboxylic acids is 1. The van der Waals surface area contributed by atoms with Crippen LogP contribution in [0.15, 0.2) is 12.4 Å². The average Bonchev–Trinajstić information content (AvgIpc) is 2.27. The monoisotopic (exact) mass is 236 g/mol. The van der Waals surface area contributed by atoms with Gasteiger partial charge in [0.05, 0.1) is 11.9 Å². The molecular formula is C12H20N4O. The molecule has 0 aliphatic carbocycles. The molecule has 1 aromatic heterocycles. The number of amides is 1. The molecule has 5 nitrogen and oxygen atoms in total. The quantitative estimate of drug-likeness (QED) is 0.842. The van der Waals surface area contributed by atoms with Crippen molar-refractivity contribution in [2.45, 2.75) is 26.3 Å². The van der Waals surface area contributed by atoms with Crippen LogP contribution >= 0.6 is 0 Å². The predicted molar refractivity (Wildman–Crippen MR) is 66.9 cm³/mol. The molecular weight excluding hydrogens is 216 g/mol. The molecule has 1 aromatic rings. The van der Waals surface area contributed by atoms with Gasteiger partial charge in [0.25, 0.3) is 5.91 Å². The topological polar surface area (TPSA) is 58.1 Å². The van der Waals surface area contributed by atoms with Gasteiger partial charge in [-0.3, -0.25) is 9.78 Å². The third-order valence-electron chi connectivity index (χ3n) is 2.91. The van der Waals surface area contributed by atoms with Gasteiger partial charge in [-0.2, -0.15) is 0 Å². The first-order valence-corrected chi connectivity index (χ1v) is 5.57. The Morgan fingerprint density at radius 1 is 1.35 bits per heavy atom. The van der Waals surface area contributed by atoms with E-state index < -0.39 is 0 Å². The number of nitrogens with one attached hydrogen (secondary N) is 1. The van der Waals surface area contributed by atoms with Crippen LogP contribution < -0.4 is 5.32 Å². The van der Waals surface area contributed by atoms with Crippen LogP contribution in [0.4, 0.5) is 0 Å². The lowest BCUT2D eigenvalue weighted by molar-refractivity contribution is 0.0914. The number of rotatable bonds is 4. The highest BCUT2D eigenvalue weighted by molar-refractivity contribution is 5.91. The van der Waals surface area contributed by atoms with Gasteiger partial charge >= 0.3 is 0 Å². The van der Waals surface area contributed by atoms with Gasteiger partial charge in [0.2, 0.25) is 0 Å². The number of hydrogen-bond acceptors (Lipinski definition) is 4. The van der Waals surface area contributed by atoms with E-state index in [0.29, 0.717) is 12.2 Å². The summed E-state index contributed by atoms with van der Waals surface area (Å²) in [7, 11) is 3.97. The van der Waals surface area contributed by atoms with E-state index >= 15 is 0 Å². The highest BCUT2D eigenvalue weighted by atomic mass is 16.1. The van der Waals surface area contributed by atoms with Crippen LogP contribution in [0.1, 0.15) is 30.0 Å². The van der Waals surface area contributed by atoms with Crippen molar-refractivity contribution in [3.05, 3.63) is 23.8 Å². The van der Waals surface area contributed by atoms with Gasteiger partial charge in [0.1, 0.15) is 5.69 Å². The molecule has 0 fully saturated rings. The third-order valence-corrected chi connectivity index (χ3v) is 2.91. The second-order valence-electron chi connectivity index (χ2n) is 4.93. The number of aromatic nitrogens is 2. The molecule has 1 heterocycles. The zero-order valence-electron chi connectivity index (χ0n) is 11.1. The summed E-state index contributed by atoms with van der Waals surface area (Å²) in [5, 5.41) is 2.86. The Morgan fingerprint density at radius 2 is 2.00 bits per heavy atom. The van der Waals surface area contributed by atoms with Crippen LogP contribution in [-0.4, -0.2) is 47.0 Å². The van der Waals surface area contributed by atoms with Crippen molar-refractivity contribution in [1.29, 1.82) is 0 Å². The normalized spacial score (nSPS) is 11.6. The zero-order chi connectivity index (χ0) is 13.1. The standard InChI is InChI=1S/C12H20N4O/c1-9-6-14-10(7-13-9)11(17)15-8-12(2,3)16(4)5/h6-7H,8H2,1-5H3,(H,15,17). The number of carbonyl (C=O) groups is 1. The number of hydrogen-bond donors (Lipinski definition) is 1. The Labute approximate surface area is 102 Å². The summed E-state index contributed by atoms with van der Waals surface area (Å²) in [4.78, 5) is 21.9. The molecule has 0 aromatic carbocycles. The maximum Gasteiger partial charge on any atom is 0.271 e. The fraction of sp³-hybridized carbons (Fsp3) is 0.583. The average molecular weight is 236 g/mol. The second kappa shape index (κ2) is 5.23. The summed E-state index contributed by atoms with van der Waals surface area (Å²) in [6.07, 6.45) is 3.08. The minimum absolute atomic E-state index is 0.0895. The molecule has 1 N–H and O–H groups in total. The number of aryl methyl sites for hydroxylation is 1. The smallest absolute Gasteiger partial charge is 0.271 e. The van der Waals surface area contributed by atoms with E-state index in [-0.39, 0.29) is 11.4 Å². The van der Waals surface area contributed by atoms with Gasteiger partial charge < -0.3 is 10.2 Å². The van der Waals surface area contributed by atoms with Crippen LogP contribution in [0.25, 0.3) is 0 Å². The van der Waals surface area contributed by atoms with Crippen LogP contribution in [-0.2, 0) is 0 Å². The van der Waals surface area contributed by atoms with E-state index in [4.69, 9.17) is 0 Å². The van der Waals surface area contributed by atoms with Crippen molar-refractivity contribution in [3.63, 3.8) is 0 Å². The lowest BCUT2D eigenvalue weighted by Crippen LogP contribution is -2.48. The predicted octanol–water partition coefficient (Wildman–Crippen LogP) is 0.855. The molecule has 0 unspecified atom stereocenters. The van der Waals surface area contributed by atoms with E-state index in [1.165, 1.54) is 6.20 Å². The summed E-state index contributed by atoms with van der Waals surface area (Å²) in [6, 6.07) is 0. The van der Waals surface area contributed by atoms with Crippen LogP contribution in [0, 0.1) is 6.92 Å². The van der Waals surface area contributed by atoms with E-state index in [9.17, 15) is 4.79 Å². The second-order valence-corrected chi connectivity index (χ2v) is 4.93. The van der Waals surface area contributed by atoms with E-state index in [1.807, 2.05) is 21.0 Å². The molecule has 0 radical (unpaired) electrons. The molecule has 0 aliphatic rings. The Bertz CT molecular complexity index is 384. The molecule has 17 heavy (non-hydrogen) atoms. The molecule has 1 rings (SSSR count). The first-order valence-electron chi connectivity index (χ1n) is 5.57. The van der Waals surface area contributed by atoms with Gasteiger partial charge in [-0.1, -0.05) is 0 Å². The highest BCUT2D eigenvalue weighted by Gasteiger charge is 2.21. The molecule has 0 spiro atoms. The molecule has 1 amide bonds. The Balaban J connectivity index is 2.59. The number of nitrogens with zero attached hydrogens (tertiary/aromatic N) is 3. The SMILES string of the molecule is Cc1cnc(C(=O)NCC(C)(C)N(C)C)cn1. The first kappa shape index (κ1) is 13.6. The largest absolute Gasteiger partial charge is 0.349 e. The van der Waals surface area contributed by atoms with Crippen molar-refractivity contribution in [3.8, 4) is 0 Å². The Kier molecular flexibility index (Phi) is 4.17. The van der Waals surface area contributed by atoms with Crippen molar-refractivity contribution in [1.82, 2.24) is 20.2 Å². The molecule has 0 atom stereocenters. The minimum Gasteiger partial charge on any atom is -0.349 e. The fourth-order valence-corrected chi connectivity index (χ4v) is 1.06. The van der Waals surface area contributed by atoms with Gasteiger partial charge in [0.15, 0.2) is 0 Å². The van der Waals surface area contributed by atoms with E-state index in [2.05, 4.69) is 34.0 Å². The lowest BCUT2D eigenvalue weighted by atomic mass is 10.0. The lowest BCUT2D eigenvalue weighted by Gasteiger charge is -2.32. The zero-order valence-corrected chi connectivity index (χ0v) is 11.1. The summed E-state index contributed by atoms with van der Waals surface area (Å²) >= 11 is 0. The van der Waals surface area contributed by atoms with Gasteiger partial charge in [-0.05, 0) is 34.9 Å². The molecule has 94 valence electrons. The molecule has 5 heteroatoms. The highest BCUT2D eigenvalue weighted by Crippen LogP contribution is 2.08. The van der Waals surface area contributed by atoms with Gasteiger partial charge in [-0.25, -0.2) is 4.98 Å². The number of likely N-dealkylation sites (N-methyl/N-ethyl adjacent to an activating group) is 1. The van der Waals surface area contributed by atoms with Gasteiger partial charge in [0, 0.05) is 18.3 Å². The molecule has 0 saturated heterocycles. The minimum atomic E-state index is -0.188. The maximum absolute atomic E-state index is 11.8.